The Bertz CT molecular complexity index is 1190. The quantitative estimate of drug-likeness (QED) is 0.576. The Morgan fingerprint density at radius 1 is 0.909 bits per heavy atom. The largest absolute Gasteiger partial charge is 0.481 e. The van der Waals surface area contributed by atoms with Gasteiger partial charge in [-0.3, -0.25) is 4.79 Å². The lowest BCUT2D eigenvalue weighted by Crippen LogP contribution is -2.57. The minimum Gasteiger partial charge on any atom is -0.481 e. The molecular formula is C26H21F2NO4. The van der Waals surface area contributed by atoms with Crippen molar-refractivity contribution in [3.05, 3.63) is 95.1 Å². The summed E-state index contributed by atoms with van der Waals surface area (Å²) in [7, 11) is 0. The molecule has 2 aliphatic rings. The van der Waals surface area contributed by atoms with Crippen molar-refractivity contribution in [3.8, 4) is 11.1 Å². The van der Waals surface area contributed by atoms with Crippen LogP contribution in [0.1, 0.15) is 35.4 Å². The summed E-state index contributed by atoms with van der Waals surface area (Å²) in [6, 6.07) is 18.6. The van der Waals surface area contributed by atoms with Crippen molar-refractivity contribution in [1.29, 1.82) is 0 Å². The van der Waals surface area contributed by atoms with Crippen LogP contribution in [0.4, 0.5) is 13.6 Å². The van der Waals surface area contributed by atoms with E-state index in [1.54, 1.807) is 0 Å². The number of hydrogen-bond acceptors (Lipinski definition) is 3. The van der Waals surface area contributed by atoms with Gasteiger partial charge in [0.2, 0.25) is 0 Å². The molecule has 0 aromatic heterocycles. The van der Waals surface area contributed by atoms with Crippen LogP contribution >= 0.6 is 0 Å². The van der Waals surface area contributed by atoms with Gasteiger partial charge in [-0.1, -0.05) is 54.6 Å². The Hall–Kier alpha value is -3.74. The van der Waals surface area contributed by atoms with Crippen molar-refractivity contribution >= 4 is 12.1 Å². The van der Waals surface area contributed by atoms with E-state index in [1.807, 2.05) is 48.5 Å². The predicted octanol–water partition coefficient (Wildman–Crippen LogP) is 4.99. The van der Waals surface area contributed by atoms with Crippen molar-refractivity contribution in [3.63, 3.8) is 0 Å². The van der Waals surface area contributed by atoms with Crippen LogP contribution in [0, 0.1) is 11.6 Å². The number of alkyl carbamates (subject to hydrolysis) is 1. The highest BCUT2D eigenvalue weighted by atomic mass is 19.1. The third-order valence-electron chi connectivity index (χ3n) is 6.71. The molecule has 1 fully saturated rings. The fourth-order valence-corrected chi connectivity index (χ4v) is 5.13. The molecule has 7 heteroatoms. The first-order valence-electron chi connectivity index (χ1n) is 10.7. The summed E-state index contributed by atoms with van der Waals surface area (Å²) in [4.78, 5) is 24.3. The zero-order valence-corrected chi connectivity index (χ0v) is 17.6. The average Bonchev–Trinajstić information content (AvgIpc) is 3.09. The molecule has 0 aliphatic heterocycles. The molecule has 0 unspecified atom stereocenters. The number of aliphatic carboxylic acids is 1. The van der Waals surface area contributed by atoms with Gasteiger partial charge in [0.25, 0.3) is 0 Å². The zero-order chi connectivity index (χ0) is 23.2. The molecule has 2 aliphatic carbocycles. The molecule has 0 heterocycles. The van der Waals surface area contributed by atoms with Gasteiger partial charge < -0.3 is 15.2 Å². The minimum absolute atomic E-state index is 0.102. The van der Waals surface area contributed by atoms with Crippen LogP contribution in [-0.2, 0) is 14.9 Å². The number of amides is 1. The highest BCUT2D eigenvalue weighted by Crippen LogP contribution is 2.47. The summed E-state index contributed by atoms with van der Waals surface area (Å²) in [5.41, 5.74) is 2.20. The van der Waals surface area contributed by atoms with E-state index in [0.717, 1.165) is 34.4 Å². The van der Waals surface area contributed by atoms with Gasteiger partial charge in [-0.25, -0.2) is 13.6 Å². The Morgan fingerprint density at radius 3 is 2.00 bits per heavy atom. The average molecular weight is 449 g/mol. The van der Waals surface area contributed by atoms with Gasteiger partial charge in [0.15, 0.2) is 0 Å². The van der Waals surface area contributed by atoms with E-state index < -0.39 is 40.7 Å². The molecule has 0 spiro atoms. The van der Waals surface area contributed by atoms with Crippen molar-refractivity contribution in [2.24, 2.45) is 0 Å². The van der Waals surface area contributed by atoms with E-state index >= 15 is 0 Å². The number of rotatable bonds is 5. The van der Waals surface area contributed by atoms with Crippen molar-refractivity contribution in [1.82, 2.24) is 5.32 Å². The van der Waals surface area contributed by atoms with Crippen molar-refractivity contribution < 1.29 is 28.2 Å². The number of carbonyl (C=O) groups excluding carboxylic acids is 1. The molecule has 168 valence electrons. The smallest absolute Gasteiger partial charge is 0.407 e. The third kappa shape index (κ3) is 3.44. The second-order valence-electron chi connectivity index (χ2n) is 8.56. The standard InChI is InChI=1S/C26H21F2NO4/c27-21-10-5-11-22(28)23(21)26(24(30)31)12-15(13-26)29-25(32)33-14-20-18-8-3-1-6-16(18)17-7-2-4-9-19(17)20/h1-11,15,20H,12-14H2,(H,29,32)(H,30,31). The number of nitrogens with one attached hydrogen (secondary N) is 1. The minimum atomic E-state index is -1.71. The Labute approximate surface area is 189 Å². The van der Waals surface area contributed by atoms with Crippen molar-refractivity contribution in [2.75, 3.05) is 6.61 Å². The molecule has 1 saturated carbocycles. The molecule has 0 bridgehead atoms. The predicted molar refractivity (Wildman–Crippen MR) is 117 cm³/mol. The van der Waals surface area contributed by atoms with Crippen LogP contribution < -0.4 is 5.32 Å². The first kappa shape index (κ1) is 21.1. The van der Waals surface area contributed by atoms with Gasteiger partial charge >= 0.3 is 12.1 Å². The number of carboxylic acids is 1. The van der Waals surface area contributed by atoms with Crippen LogP contribution in [0.5, 0.6) is 0 Å². The summed E-state index contributed by atoms with van der Waals surface area (Å²) in [6.07, 6.45) is -0.927. The number of fused-ring (bicyclic) bond motifs is 3. The normalized spacial score (nSPS) is 21.0. The lowest BCUT2D eigenvalue weighted by molar-refractivity contribution is -0.149. The number of halogens is 2. The molecule has 0 saturated heterocycles. The summed E-state index contributed by atoms with van der Waals surface area (Å²) in [6.45, 7) is 0.124. The molecule has 5 rings (SSSR count). The SMILES string of the molecule is O=C(NC1CC(C(=O)O)(c2c(F)cccc2F)C1)OCC1c2ccccc2-c2ccccc21. The Balaban J connectivity index is 1.25. The number of hydrogen-bond donors (Lipinski definition) is 2. The molecule has 3 aromatic rings. The highest BCUT2D eigenvalue weighted by molar-refractivity contribution is 5.84. The number of benzene rings is 3. The highest BCUT2D eigenvalue weighted by Gasteiger charge is 2.55. The van der Waals surface area contributed by atoms with Crippen molar-refractivity contribution in [2.45, 2.75) is 30.2 Å². The number of carbonyl (C=O) groups is 2. The zero-order valence-electron chi connectivity index (χ0n) is 17.6. The first-order chi connectivity index (χ1) is 15.9. The topological polar surface area (TPSA) is 75.6 Å². The van der Waals surface area contributed by atoms with Crippen LogP contribution in [-0.4, -0.2) is 29.8 Å². The first-order valence-corrected chi connectivity index (χ1v) is 10.7. The monoisotopic (exact) mass is 449 g/mol. The third-order valence-corrected chi connectivity index (χ3v) is 6.71. The number of ether oxygens (including phenoxy) is 1. The molecule has 3 aromatic carbocycles. The van der Waals surface area contributed by atoms with E-state index in [1.165, 1.54) is 6.07 Å². The molecule has 0 radical (unpaired) electrons. The summed E-state index contributed by atoms with van der Waals surface area (Å²) in [5.74, 6) is -3.23. The van der Waals surface area contributed by atoms with Gasteiger partial charge in [-0.2, -0.15) is 0 Å². The second-order valence-corrected chi connectivity index (χ2v) is 8.56. The Kier molecular flexibility index (Phi) is 5.12. The van der Waals surface area contributed by atoms with E-state index in [4.69, 9.17) is 4.74 Å². The molecule has 5 nitrogen and oxygen atoms in total. The number of carboxylic acid groups (broad SMARTS) is 1. The fraction of sp³-hybridized carbons (Fsp3) is 0.231. The van der Waals surface area contributed by atoms with Gasteiger partial charge in [0.1, 0.15) is 23.7 Å². The maximum absolute atomic E-state index is 14.2. The van der Waals surface area contributed by atoms with E-state index in [0.29, 0.717) is 0 Å². The summed E-state index contributed by atoms with van der Waals surface area (Å²) < 4.78 is 34.0. The Morgan fingerprint density at radius 2 is 1.45 bits per heavy atom. The molecule has 33 heavy (non-hydrogen) atoms. The summed E-state index contributed by atoms with van der Waals surface area (Å²) in [5, 5.41) is 12.3. The fourth-order valence-electron chi connectivity index (χ4n) is 5.13. The lowest BCUT2D eigenvalue weighted by atomic mass is 9.61. The van der Waals surface area contributed by atoms with Gasteiger partial charge in [-0.05, 0) is 47.2 Å². The molecule has 2 N–H and O–H groups in total. The van der Waals surface area contributed by atoms with Crippen LogP contribution in [0.2, 0.25) is 0 Å². The molecule has 1 amide bonds. The van der Waals surface area contributed by atoms with Crippen LogP contribution in [0.3, 0.4) is 0 Å². The van der Waals surface area contributed by atoms with Crippen LogP contribution in [0.15, 0.2) is 66.7 Å². The lowest BCUT2D eigenvalue weighted by Gasteiger charge is -2.44. The molecule has 0 atom stereocenters. The van der Waals surface area contributed by atoms with E-state index in [-0.39, 0.29) is 25.4 Å². The van der Waals surface area contributed by atoms with E-state index in [2.05, 4.69) is 5.32 Å². The van der Waals surface area contributed by atoms with E-state index in [9.17, 15) is 23.5 Å². The van der Waals surface area contributed by atoms with Gasteiger partial charge in [0.05, 0.1) is 0 Å². The van der Waals surface area contributed by atoms with Gasteiger partial charge in [-0.15, -0.1) is 0 Å². The maximum atomic E-state index is 14.2. The summed E-state index contributed by atoms with van der Waals surface area (Å²) >= 11 is 0. The van der Waals surface area contributed by atoms with Crippen LogP contribution in [0.25, 0.3) is 11.1 Å². The molecular weight excluding hydrogens is 428 g/mol. The second kappa shape index (κ2) is 7.99. The van der Waals surface area contributed by atoms with Gasteiger partial charge in [0, 0.05) is 17.5 Å². The maximum Gasteiger partial charge on any atom is 0.407 e.